The molecule has 0 aromatic heterocycles. The van der Waals surface area contributed by atoms with Gasteiger partial charge in [0.2, 0.25) is 0 Å². The lowest BCUT2D eigenvalue weighted by atomic mass is 9.59. The number of esters is 1. The predicted octanol–water partition coefficient (Wildman–Crippen LogP) is 5.96. The van der Waals surface area contributed by atoms with E-state index < -0.39 is 0 Å². The van der Waals surface area contributed by atoms with Crippen molar-refractivity contribution in [2.24, 2.45) is 17.3 Å². The Kier molecular flexibility index (Phi) is 7.01. The molecule has 5 rings (SSSR count). The molecule has 5 heteroatoms. The van der Waals surface area contributed by atoms with E-state index in [1.807, 2.05) is 0 Å². The van der Waals surface area contributed by atoms with Crippen LogP contribution in [0.2, 0.25) is 0 Å². The van der Waals surface area contributed by atoms with Crippen LogP contribution < -0.4 is 10.1 Å². The molecule has 2 aliphatic heterocycles. The van der Waals surface area contributed by atoms with Gasteiger partial charge >= 0.3 is 5.97 Å². The molecule has 1 aromatic rings. The normalized spacial score (nSPS) is 35.7. The van der Waals surface area contributed by atoms with Gasteiger partial charge in [0.15, 0.2) is 0 Å². The fourth-order valence-electron chi connectivity index (χ4n) is 7.96. The number of carbonyl (C=O) groups is 1. The largest absolute Gasteiger partial charge is 0.497 e. The highest BCUT2D eigenvalue weighted by Crippen LogP contribution is 2.55. The van der Waals surface area contributed by atoms with E-state index in [4.69, 9.17) is 14.2 Å². The summed E-state index contributed by atoms with van der Waals surface area (Å²) in [5.74, 6) is 1.18. The van der Waals surface area contributed by atoms with Crippen molar-refractivity contribution in [1.29, 1.82) is 0 Å². The third kappa shape index (κ3) is 4.86. The molecule has 5 nitrogen and oxygen atoms in total. The van der Waals surface area contributed by atoms with Gasteiger partial charge in [-0.2, -0.15) is 0 Å². The molecule has 2 aliphatic carbocycles. The highest BCUT2D eigenvalue weighted by molar-refractivity contribution is 5.76. The molecule has 1 saturated carbocycles. The molecule has 36 heavy (non-hydrogen) atoms. The highest BCUT2D eigenvalue weighted by Gasteiger charge is 2.52. The smallest absolute Gasteiger partial charge is 0.310 e. The van der Waals surface area contributed by atoms with E-state index in [9.17, 15) is 4.79 Å². The van der Waals surface area contributed by atoms with E-state index in [0.717, 1.165) is 51.0 Å². The predicted molar refractivity (Wildman–Crippen MR) is 142 cm³/mol. The summed E-state index contributed by atoms with van der Waals surface area (Å²) < 4.78 is 17.5. The summed E-state index contributed by atoms with van der Waals surface area (Å²) in [4.78, 5) is 13.0. The van der Waals surface area contributed by atoms with Gasteiger partial charge in [-0.15, -0.1) is 0 Å². The molecule has 0 bridgehead atoms. The van der Waals surface area contributed by atoms with Crippen molar-refractivity contribution in [1.82, 2.24) is 5.32 Å². The summed E-state index contributed by atoms with van der Waals surface area (Å²) in [6.07, 6.45) is 8.84. The SMILES string of the molecule is COc1ccc([C@]2(CCNC[C@@H]3C(=O)O[C@@H]4C[C@@]5(C)CCCC(C)=C5C[C@H]34)CCOC(C)(C)C2)cc1. The van der Waals surface area contributed by atoms with Gasteiger partial charge in [0.1, 0.15) is 11.9 Å². The number of nitrogens with one attached hydrogen (secondary N) is 1. The minimum absolute atomic E-state index is 0.00932. The molecule has 2 saturated heterocycles. The summed E-state index contributed by atoms with van der Waals surface area (Å²) in [5, 5.41) is 3.69. The second kappa shape index (κ2) is 9.79. The molecule has 1 N–H and O–H groups in total. The van der Waals surface area contributed by atoms with Crippen LogP contribution in [-0.2, 0) is 19.7 Å². The van der Waals surface area contributed by atoms with Crippen LogP contribution >= 0.6 is 0 Å². The number of carbonyl (C=O) groups excluding carboxylic acids is 1. The van der Waals surface area contributed by atoms with E-state index in [1.54, 1.807) is 18.3 Å². The Morgan fingerprint density at radius 2 is 1.92 bits per heavy atom. The zero-order chi connectivity index (χ0) is 25.6. The van der Waals surface area contributed by atoms with Crippen LogP contribution in [0.25, 0.3) is 0 Å². The van der Waals surface area contributed by atoms with E-state index >= 15 is 0 Å². The van der Waals surface area contributed by atoms with Gasteiger partial charge in [0.05, 0.1) is 18.6 Å². The molecule has 0 spiro atoms. The number of fused-ring (bicyclic) bond motifs is 2. The second-order valence-corrected chi connectivity index (χ2v) is 12.8. The summed E-state index contributed by atoms with van der Waals surface area (Å²) in [7, 11) is 1.71. The number of rotatable bonds is 7. The van der Waals surface area contributed by atoms with Crippen molar-refractivity contribution >= 4 is 5.97 Å². The highest BCUT2D eigenvalue weighted by atomic mass is 16.6. The van der Waals surface area contributed by atoms with Crippen LogP contribution in [-0.4, -0.2) is 44.5 Å². The summed E-state index contributed by atoms with van der Waals surface area (Å²) in [6, 6.07) is 8.58. The molecule has 3 fully saturated rings. The molecular formula is C31H45NO4. The number of allylic oxidation sites excluding steroid dienone is 2. The minimum atomic E-state index is -0.152. The second-order valence-electron chi connectivity index (χ2n) is 12.8. The fraction of sp³-hybridized carbons (Fsp3) is 0.710. The molecule has 198 valence electrons. The first-order valence-corrected chi connectivity index (χ1v) is 14.0. The number of benzene rings is 1. The Morgan fingerprint density at radius 1 is 1.14 bits per heavy atom. The van der Waals surface area contributed by atoms with E-state index in [-0.39, 0.29) is 34.4 Å². The maximum absolute atomic E-state index is 13.0. The Balaban J connectivity index is 1.25. The molecule has 1 aromatic carbocycles. The monoisotopic (exact) mass is 495 g/mol. The van der Waals surface area contributed by atoms with Gasteiger partial charge in [-0.25, -0.2) is 0 Å². The molecule has 4 aliphatic rings. The van der Waals surface area contributed by atoms with E-state index in [2.05, 4.69) is 57.3 Å². The molecule has 2 heterocycles. The topological polar surface area (TPSA) is 56.8 Å². The first-order chi connectivity index (χ1) is 17.1. The van der Waals surface area contributed by atoms with E-state index in [0.29, 0.717) is 12.5 Å². The van der Waals surface area contributed by atoms with Gasteiger partial charge in [0.25, 0.3) is 0 Å². The average Bonchev–Trinajstić information content (AvgIpc) is 3.13. The standard InChI is InChI=1S/C31H45NO4/c1-21-7-6-12-30(4)18-27-24(17-26(21)30)25(28(33)36-27)19-32-15-13-31(14-16-35-29(2,3)20-31)22-8-10-23(34-5)11-9-22/h8-11,24-25,27,32H,6-7,12-20H2,1-5H3/t24-,25+,27-,30-,31-/m1/s1. The molecule has 0 radical (unpaired) electrons. The van der Waals surface area contributed by atoms with Crippen LogP contribution in [0.1, 0.15) is 84.6 Å². The van der Waals surface area contributed by atoms with Crippen molar-refractivity contribution in [3.8, 4) is 5.75 Å². The quantitative estimate of drug-likeness (QED) is 0.287. The molecular weight excluding hydrogens is 450 g/mol. The van der Waals surface area contributed by atoms with Crippen LogP contribution in [0.4, 0.5) is 0 Å². The van der Waals surface area contributed by atoms with Gasteiger partial charge in [-0.05, 0) is 102 Å². The van der Waals surface area contributed by atoms with Crippen molar-refractivity contribution < 1.29 is 19.0 Å². The lowest BCUT2D eigenvalue weighted by molar-refractivity contribution is -0.145. The number of ether oxygens (including phenoxy) is 3. The average molecular weight is 496 g/mol. The number of hydrogen-bond donors (Lipinski definition) is 1. The van der Waals surface area contributed by atoms with Gasteiger partial charge in [0, 0.05) is 24.5 Å². The lowest BCUT2D eigenvalue weighted by Gasteiger charge is -2.46. The van der Waals surface area contributed by atoms with Crippen LogP contribution in [0.15, 0.2) is 35.4 Å². The molecule has 0 amide bonds. The fourth-order valence-corrected chi connectivity index (χ4v) is 7.96. The van der Waals surface area contributed by atoms with Crippen LogP contribution in [0, 0.1) is 17.3 Å². The lowest BCUT2D eigenvalue weighted by Crippen LogP contribution is -2.46. The molecule has 5 atom stereocenters. The minimum Gasteiger partial charge on any atom is -0.497 e. The summed E-state index contributed by atoms with van der Waals surface area (Å²) >= 11 is 0. The first-order valence-electron chi connectivity index (χ1n) is 14.0. The van der Waals surface area contributed by atoms with Crippen LogP contribution in [0.5, 0.6) is 5.75 Å². The Hall–Kier alpha value is -1.85. The third-order valence-electron chi connectivity index (χ3n) is 9.86. The van der Waals surface area contributed by atoms with Crippen molar-refractivity contribution in [2.45, 2.75) is 96.2 Å². The number of hydrogen-bond acceptors (Lipinski definition) is 5. The Morgan fingerprint density at radius 3 is 2.64 bits per heavy atom. The van der Waals surface area contributed by atoms with Crippen molar-refractivity contribution in [2.75, 3.05) is 26.8 Å². The van der Waals surface area contributed by atoms with Gasteiger partial charge in [-0.3, -0.25) is 4.79 Å². The zero-order valence-corrected chi connectivity index (χ0v) is 23.0. The Bertz CT molecular complexity index is 998. The third-order valence-corrected chi connectivity index (χ3v) is 9.86. The van der Waals surface area contributed by atoms with Crippen LogP contribution in [0.3, 0.4) is 0 Å². The van der Waals surface area contributed by atoms with Gasteiger partial charge in [-0.1, -0.05) is 30.2 Å². The number of methoxy groups -OCH3 is 1. The summed E-state index contributed by atoms with van der Waals surface area (Å²) in [5.41, 5.74) is 4.68. The Labute approximate surface area is 217 Å². The van der Waals surface area contributed by atoms with Crippen molar-refractivity contribution in [3.05, 3.63) is 41.0 Å². The summed E-state index contributed by atoms with van der Waals surface area (Å²) in [6.45, 7) is 11.5. The maximum Gasteiger partial charge on any atom is 0.310 e. The zero-order valence-electron chi connectivity index (χ0n) is 23.0. The van der Waals surface area contributed by atoms with Gasteiger partial charge < -0.3 is 19.5 Å². The maximum atomic E-state index is 13.0. The van der Waals surface area contributed by atoms with E-state index in [1.165, 1.54) is 24.8 Å². The first kappa shape index (κ1) is 25.8. The van der Waals surface area contributed by atoms with Crippen molar-refractivity contribution in [3.63, 3.8) is 0 Å². The molecule has 0 unspecified atom stereocenters.